The van der Waals surface area contributed by atoms with Crippen LogP contribution in [0.15, 0.2) is 101 Å². The lowest BCUT2D eigenvalue weighted by Crippen LogP contribution is -2.15. The molecule has 0 fully saturated rings. The van der Waals surface area contributed by atoms with Gasteiger partial charge in [0.05, 0.1) is 0 Å². The monoisotopic (exact) mass is 401 g/mol. The summed E-state index contributed by atoms with van der Waals surface area (Å²) < 4.78 is 6.13. The Kier molecular flexibility index (Phi) is 3.85. The van der Waals surface area contributed by atoms with Crippen LogP contribution in [0.5, 0.6) is 0 Å². The lowest BCUT2D eigenvalue weighted by atomic mass is 9.81. The first kappa shape index (κ1) is 18.0. The van der Waals surface area contributed by atoms with Crippen LogP contribution in [0.25, 0.3) is 33.4 Å². The molecule has 0 amide bonds. The molecule has 2 nitrogen and oxygen atoms in total. The summed E-state index contributed by atoms with van der Waals surface area (Å²) in [6, 6.07) is 34.1. The maximum absolute atomic E-state index is 6.13. The van der Waals surface area contributed by atoms with Gasteiger partial charge in [-0.1, -0.05) is 68.4 Å². The molecule has 1 aliphatic rings. The SMILES string of the molecule is CC1(C)c2cc(Nc3ccccc3)ccc2-c2ccc(-c3cc4ccccc4o3)cc21. The molecule has 0 atom stereocenters. The summed E-state index contributed by atoms with van der Waals surface area (Å²) in [6.45, 7) is 4.62. The molecular formula is C29H23NO. The highest BCUT2D eigenvalue weighted by molar-refractivity contribution is 5.87. The van der Waals surface area contributed by atoms with Crippen molar-refractivity contribution in [3.8, 4) is 22.5 Å². The fourth-order valence-corrected chi connectivity index (χ4v) is 4.78. The first-order valence-corrected chi connectivity index (χ1v) is 10.7. The molecule has 1 N–H and O–H groups in total. The van der Waals surface area contributed by atoms with Gasteiger partial charge in [-0.3, -0.25) is 0 Å². The van der Waals surface area contributed by atoms with E-state index in [0.717, 1.165) is 33.7 Å². The molecule has 2 heteroatoms. The second kappa shape index (κ2) is 6.61. The van der Waals surface area contributed by atoms with Gasteiger partial charge in [-0.2, -0.15) is 0 Å². The van der Waals surface area contributed by atoms with Gasteiger partial charge in [0, 0.05) is 27.7 Å². The molecule has 0 saturated carbocycles. The minimum Gasteiger partial charge on any atom is -0.456 e. The first-order valence-electron chi connectivity index (χ1n) is 10.7. The molecule has 0 radical (unpaired) electrons. The number of hydrogen-bond acceptors (Lipinski definition) is 2. The highest BCUT2D eigenvalue weighted by Gasteiger charge is 2.36. The summed E-state index contributed by atoms with van der Waals surface area (Å²) >= 11 is 0. The standard InChI is InChI=1S/C29H23NO/c1-29(2)25-16-20(28-17-19-8-6-7-11-27(19)31-28)12-14-23(25)24-15-13-22(18-26(24)29)30-21-9-4-3-5-10-21/h3-18,30H,1-2H3. The number of hydrogen-bond donors (Lipinski definition) is 1. The van der Waals surface area contributed by atoms with Crippen LogP contribution in [0.3, 0.4) is 0 Å². The normalized spacial score (nSPS) is 13.7. The van der Waals surface area contributed by atoms with Crippen LogP contribution in [0.1, 0.15) is 25.0 Å². The minimum absolute atomic E-state index is 0.0823. The summed E-state index contributed by atoms with van der Waals surface area (Å²) in [5.41, 5.74) is 9.51. The fraction of sp³-hybridized carbons (Fsp3) is 0.103. The van der Waals surface area contributed by atoms with Gasteiger partial charge >= 0.3 is 0 Å². The Morgan fingerprint density at radius 3 is 2.16 bits per heavy atom. The van der Waals surface area contributed by atoms with Crippen LogP contribution in [0.4, 0.5) is 11.4 Å². The molecule has 31 heavy (non-hydrogen) atoms. The van der Waals surface area contributed by atoms with E-state index in [2.05, 4.69) is 92.0 Å². The van der Waals surface area contributed by atoms with E-state index in [0.29, 0.717) is 0 Å². The molecule has 0 saturated heterocycles. The third kappa shape index (κ3) is 2.87. The quantitative estimate of drug-likeness (QED) is 0.330. The smallest absolute Gasteiger partial charge is 0.135 e. The van der Waals surface area contributed by atoms with Crippen molar-refractivity contribution in [2.24, 2.45) is 0 Å². The molecule has 0 spiro atoms. The molecule has 150 valence electrons. The lowest BCUT2D eigenvalue weighted by Gasteiger charge is -2.22. The number of benzene rings is 4. The Bertz CT molecular complexity index is 1390. The average molecular weight is 402 g/mol. The first-order chi connectivity index (χ1) is 15.1. The van der Waals surface area contributed by atoms with Crippen molar-refractivity contribution in [3.63, 3.8) is 0 Å². The number of furan rings is 1. The van der Waals surface area contributed by atoms with E-state index in [1.54, 1.807) is 0 Å². The van der Waals surface area contributed by atoms with Crippen molar-refractivity contribution < 1.29 is 4.42 Å². The Balaban J connectivity index is 1.41. The lowest BCUT2D eigenvalue weighted by molar-refractivity contribution is 0.630. The van der Waals surface area contributed by atoms with E-state index >= 15 is 0 Å². The molecule has 1 aromatic heterocycles. The second-order valence-corrected chi connectivity index (χ2v) is 8.79. The molecular weight excluding hydrogens is 378 g/mol. The van der Waals surface area contributed by atoms with E-state index in [1.807, 2.05) is 24.3 Å². The number of fused-ring (bicyclic) bond motifs is 4. The van der Waals surface area contributed by atoms with Gasteiger partial charge in [0.25, 0.3) is 0 Å². The Morgan fingerprint density at radius 2 is 1.35 bits per heavy atom. The number of para-hydroxylation sites is 2. The third-order valence-corrected chi connectivity index (χ3v) is 6.45. The van der Waals surface area contributed by atoms with Crippen molar-refractivity contribution in [2.45, 2.75) is 19.3 Å². The Hall–Kier alpha value is -3.78. The van der Waals surface area contributed by atoms with Crippen molar-refractivity contribution in [2.75, 3.05) is 5.32 Å². The molecule has 4 aromatic carbocycles. The zero-order valence-electron chi connectivity index (χ0n) is 17.6. The predicted molar refractivity (Wildman–Crippen MR) is 129 cm³/mol. The molecule has 5 aromatic rings. The van der Waals surface area contributed by atoms with Crippen molar-refractivity contribution in [3.05, 3.63) is 108 Å². The molecule has 6 rings (SSSR count). The van der Waals surface area contributed by atoms with Gasteiger partial charge in [-0.25, -0.2) is 0 Å². The van der Waals surface area contributed by atoms with Crippen molar-refractivity contribution >= 4 is 22.3 Å². The minimum atomic E-state index is -0.0823. The van der Waals surface area contributed by atoms with Crippen LogP contribution in [-0.4, -0.2) is 0 Å². The maximum atomic E-state index is 6.13. The molecule has 1 aliphatic carbocycles. The van der Waals surface area contributed by atoms with Gasteiger partial charge < -0.3 is 9.73 Å². The van der Waals surface area contributed by atoms with E-state index in [-0.39, 0.29) is 5.41 Å². The van der Waals surface area contributed by atoms with Crippen LogP contribution in [0.2, 0.25) is 0 Å². The molecule has 0 bridgehead atoms. The molecule has 0 aliphatic heterocycles. The number of nitrogens with one attached hydrogen (secondary N) is 1. The summed E-state index contributed by atoms with van der Waals surface area (Å²) in [7, 11) is 0. The average Bonchev–Trinajstić information content (AvgIpc) is 3.32. The summed E-state index contributed by atoms with van der Waals surface area (Å²) in [5.74, 6) is 0.919. The van der Waals surface area contributed by atoms with Crippen LogP contribution in [-0.2, 0) is 5.41 Å². The maximum Gasteiger partial charge on any atom is 0.135 e. The zero-order chi connectivity index (χ0) is 21.0. The van der Waals surface area contributed by atoms with E-state index < -0.39 is 0 Å². The van der Waals surface area contributed by atoms with Gasteiger partial charge in [-0.05, 0) is 64.7 Å². The van der Waals surface area contributed by atoms with Gasteiger partial charge in [0.1, 0.15) is 11.3 Å². The number of rotatable bonds is 3. The van der Waals surface area contributed by atoms with Crippen LogP contribution < -0.4 is 5.32 Å². The van der Waals surface area contributed by atoms with Crippen LogP contribution in [0, 0.1) is 0 Å². The highest BCUT2D eigenvalue weighted by atomic mass is 16.3. The summed E-state index contributed by atoms with van der Waals surface area (Å²) in [4.78, 5) is 0. The predicted octanol–water partition coefficient (Wildman–Crippen LogP) is 8.15. The van der Waals surface area contributed by atoms with Gasteiger partial charge in [0.15, 0.2) is 0 Å². The van der Waals surface area contributed by atoms with Crippen molar-refractivity contribution in [1.29, 1.82) is 0 Å². The van der Waals surface area contributed by atoms with Gasteiger partial charge in [0.2, 0.25) is 0 Å². The Morgan fingerprint density at radius 1 is 0.645 bits per heavy atom. The Labute approximate surface area is 182 Å². The largest absolute Gasteiger partial charge is 0.456 e. The van der Waals surface area contributed by atoms with Gasteiger partial charge in [-0.15, -0.1) is 0 Å². The highest BCUT2D eigenvalue weighted by Crippen LogP contribution is 2.50. The topological polar surface area (TPSA) is 25.2 Å². The summed E-state index contributed by atoms with van der Waals surface area (Å²) in [6.07, 6.45) is 0. The molecule has 1 heterocycles. The molecule has 0 unspecified atom stereocenters. The fourth-order valence-electron chi connectivity index (χ4n) is 4.78. The second-order valence-electron chi connectivity index (χ2n) is 8.79. The van der Waals surface area contributed by atoms with Crippen LogP contribution >= 0.6 is 0 Å². The van der Waals surface area contributed by atoms with E-state index in [4.69, 9.17) is 4.42 Å². The zero-order valence-corrected chi connectivity index (χ0v) is 17.6. The summed E-state index contributed by atoms with van der Waals surface area (Å²) in [5, 5.41) is 4.67. The van der Waals surface area contributed by atoms with E-state index in [9.17, 15) is 0 Å². The third-order valence-electron chi connectivity index (χ3n) is 6.45. The number of anilines is 2. The van der Waals surface area contributed by atoms with E-state index in [1.165, 1.54) is 22.3 Å². The van der Waals surface area contributed by atoms with Crippen molar-refractivity contribution in [1.82, 2.24) is 0 Å².